The van der Waals surface area contributed by atoms with Gasteiger partial charge in [-0.3, -0.25) is 4.79 Å². The van der Waals surface area contributed by atoms with E-state index in [0.29, 0.717) is 34.5 Å². The quantitative estimate of drug-likeness (QED) is 0.729. The van der Waals surface area contributed by atoms with Gasteiger partial charge in [-0.05, 0) is 18.6 Å². The minimum atomic E-state index is -0.0634. The third-order valence-electron chi connectivity index (χ3n) is 4.63. The monoisotopic (exact) mass is 401 g/mol. The highest BCUT2D eigenvalue weighted by atomic mass is 35.5. The minimum absolute atomic E-state index is 0. The minimum Gasteiger partial charge on any atom is -0.336 e. The Bertz CT molecular complexity index is 918. The van der Waals surface area contributed by atoms with Crippen LogP contribution in [0.1, 0.15) is 26.8 Å². The Morgan fingerprint density at radius 1 is 1.15 bits per heavy atom. The molecule has 0 unspecified atom stereocenters. The summed E-state index contributed by atoms with van der Waals surface area (Å²) in [5.74, 6) is 0.682. The van der Waals surface area contributed by atoms with Crippen LogP contribution in [0.2, 0.25) is 0 Å². The Hall–Kier alpha value is -2.35. The lowest BCUT2D eigenvalue weighted by molar-refractivity contribution is 0.0793. The van der Waals surface area contributed by atoms with Gasteiger partial charge in [0.2, 0.25) is 0 Å². The standard InChI is InChI=1S/C19H19N5OS.ClH/c1-12-16(26-18(23-12)17-21-8-5-9-22-17)19(25)24-10-14(15(20)11-24)13-6-3-2-4-7-13;/h2-9,14-15H,10-11,20H2,1H3;1H/t14-,15+;/m0./s1. The Balaban J connectivity index is 0.00000210. The number of benzene rings is 1. The SMILES string of the molecule is Cc1nc(-c2ncccn2)sc1C(=O)N1C[C@@H](N)[C@H](c2ccccc2)C1.Cl. The van der Waals surface area contributed by atoms with Gasteiger partial charge in [-0.25, -0.2) is 15.0 Å². The molecule has 1 saturated heterocycles. The van der Waals surface area contributed by atoms with Crippen molar-refractivity contribution in [1.29, 1.82) is 0 Å². The van der Waals surface area contributed by atoms with Gasteiger partial charge >= 0.3 is 0 Å². The molecule has 0 radical (unpaired) electrons. The van der Waals surface area contributed by atoms with Crippen molar-refractivity contribution >= 4 is 29.7 Å². The molecule has 2 atom stereocenters. The number of rotatable bonds is 3. The third kappa shape index (κ3) is 3.85. The molecule has 1 fully saturated rings. The van der Waals surface area contributed by atoms with Gasteiger partial charge in [-0.2, -0.15) is 0 Å². The van der Waals surface area contributed by atoms with Crippen LogP contribution in [0.5, 0.6) is 0 Å². The second-order valence-electron chi connectivity index (χ2n) is 6.40. The third-order valence-corrected chi connectivity index (χ3v) is 5.77. The first-order valence-corrected chi connectivity index (χ1v) is 9.29. The van der Waals surface area contributed by atoms with Gasteiger partial charge in [0.25, 0.3) is 5.91 Å². The molecular weight excluding hydrogens is 382 g/mol. The predicted octanol–water partition coefficient (Wildman–Crippen LogP) is 2.90. The predicted molar refractivity (Wildman–Crippen MR) is 108 cm³/mol. The van der Waals surface area contributed by atoms with E-state index in [9.17, 15) is 4.79 Å². The highest BCUT2D eigenvalue weighted by Crippen LogP contribution is 2.31. The zero-order valence-corrected chi connectivity index (χ0v) is 16.4. The van der Waals surface area contributed by atoms with E-state index in [1.807, 2.05) is 30.0 Å². The summed E-state index contributed by atoms with van der Waals surface area (Å²) in [6, 6.07) is 11.8. The molecule has 4 rings (SSSR count). The van der Waals surface area contributed by atoms with Crippen LogP contribution < -0.4 is 5.73 Å². The zero-order valence-electron chi connectivity index (χ0n) is 14.8. The normalized spacial score (nSPS) is 19.0. The van der Waals surface area contributed by atoms with Gasteiger partial charge in [-0.1, -0.05) is 30.3 Å². The van der Waals surface area contributed by atoms with Crippen LogP contribution in [0.25, 0.3) is 10.8 Å². The molecular formula is C19H20ClN5OS. The molecule has 2 aromatic heterocycles. The summed E-state index contributed by atoms with van der Waals surface area (Å²) in [6.07, 6.45) is 3.34. The van der Waals surface area contributed by atoms with Crippen LogP contribution in [-0.2, 0) is 0 Å². The molecule has 1 amide bonds. The van der Waals surface area contributed by atoms with Crippen molar-refractivity contribution in [3.63, 3.8) is 0 Å². The van der Waals surface area contributed by atoms with Crippen LogP contribution in [-0.4, -0.2) is 44.9 Å². The number of hydrogen-bond acceptors (Lipinski definition) is 6. The Labute approximate surface area is 167 Å². The summed E-state index contributed by atoms with van der Waals surface area (Å²) >= 11 is 1.34. The molecule has 3 heterocycles. The fraction of sp³-hybridized carbons (Fsp3) is 0.263. The largest absolute Gasteiger partial charge is 0.336 e. The number of carbonyl (C=O) groups excluding carboxylic acids is 1. The fourth-order valence-corrected chi connectivity index (χ4v) is 4.27. The van der Waals surface area contributed by atoms with Gasteiger partial charge in [0.05, 0.1) is 5.69 Å². The number of amides is 1. The van der Waals surface area contributed by atoms with E-state index in [1.54, 1.807) is 18.5 Å². The number of hydrogen-bond donors (Lipinski definition) is 1. The lowest BCUT2D eigenvalue weighted by atomic mass is 9.95. The lowest BCUT2D eigenvalue weighted by Gasteiger charge is -2.15. The van der Waals surface area contributed by atoms with Gasteiger partial charge in [-0.15, -0.1) is 23.7 Å². The van der Waals surface area contributed by atoms with E-state index in [-0.39, 0.29) is 30.3 Å². The van der Waals surface area contributed by atoms with Crippen LogP contribution in [0, 0.1) is 6.92 Å². The number of thiazole rings is 1. The first-order chi connectivity index (χ1) is 12.6. The van der Waals surface area contributed by atoms with Crippen LogP contribution in [0.15, 0.2) is 48.8 Å². The highest BCUT2D eigenvalue weighted by molar-refractivity contribution is 7.17. The van der Waals surface area contributed by atoms with E-state index < -0.39 is 0 Å². The number of nitrogens with two attached hydrogens (primary N) is 1. The van der Waals surface area contributed by atoms with Crippen LogP contribution in [0.4, 0.5) is 0 Å². The molecule has 3 aromatic rings. The second kappa shape index (κ2) is 8.12. The van der Waals surface area contributed by atoms with Gasteiger partial charge in [0.15, 0.2) is 10.8 Å². The molecule has 27 heavy (non-hydrogen) atoms. The van der Waals surface area contributed by atoms with Crippen LogP contribution >= 0.6 is 23.7 Å². The Morgan fingerprint density at radius 2 is 1.85 bits per heavy atom. The summed E-state index contributed by atoms with van der Waals surface area (Å²) in [5.41, 5.74) is 8.21. The zero-order chi connectivity index (χ0) is 18.1. The summed E-state index contributed by atoms with van der Waals surface area (Å²) in [5, 5.41) is 0.662. The van der Waals surface area contributed by atoms with E-state index in [1.165, 1.54) is 16.9 Å². The van der Waals surface area contributed by atoms with Crippen LogP contribution in [0.3, 0.4) is 0 Å². The molecule has 2 N–H and O–H groups in total. The van der Waals surface area contributed by atoms with Crippen molar-refractivity contribution in [3.05, 3.63) is 64.9 Å². The van der Waals surface area contributed by atoms with E-state index >= 15 is 0 Å². The number of carbonyl (C=O) groups is 1. The Kier molecular flexibility index (Phi) is 5.84. The fourth-order valence-electron chi connectivity index (χ4n) is 3.29. The summed E-state index contributed by atoms with van der Waals surface area (Å²) < 4.78 is 0. The van der Waals surface area contributed by atoms with E-state index in [0.717, 1.165) is 0 Å². The van der Waals surface area contributed by atoms with Crippen molar-refractivity contribution in [3.8, 4) is 10.8 Å². The highest BCUT2D eigenvalue weighted by Gasteiger charge is 2.35. The molecule has 0 aliphatic carbocycles. The second-order valence-corrected chi connectivity index (χ2v) is 7.40. The van der Waals surface area contributed by atoms with Gasteiger partial charge in [0.1, 0.15) is 4.88 Å². The maximum atomic E-state index is 13.0. The van der Waals surface area contributed by atoms with E-state index in [2.05, 4.69) is 27.1 Å². The molecule has 0 spiro atoms. The maximum absolute atomic E-state index is 13.0. The van der Waals surface area contributed by atoms with E-state index in [4.69, 9.17) is 5.73 Å². The first kappa shape index (κ1) is 19.4. The van der Waals surface area contributed by atoms with Crippen molar-refractivity contribution in [2.24, 2.45) is 5.73 Å². The van der Waals surface area contributed by atoms with Crippen molar-refractivity contribution in [2.75, 3.05) is 13.1 Å². The molecule has 1 aliphatic heterocycles. The number of halogens is 1. The molecule has 0 bridgehead atoms. The maximum Gasteiger partial charge on any atom is 0.265 e. The smallest absolute Gasteiger partial charge is 0.265 e. The average molecular weight is 402 g/mol. The molecule has 1 aliphatic rings. The number of likely N-dealkylation sites (tertiary alicyclic amines) is 1. The first-order valence-electron chi connectivity index (χ1n) is 8.48. The summed E-state index contributed by atoms with van der Waals surface area (Å²) in [6.45, 7) is 3.02. The molecule has 140 valence electrons. The van der Waals surface area contributed by atoms with Crippen molar-refractivity contribution < 1.29 is 4.79 Å². The van der Waals surface area contributed by atoms with Crippen molar-refractivity contribution in [1.82, 2.24) is 19.9 Å². The number of aryl methyl sites for hydroxylation is 1. The van der Waals surface area contributed by atoms with Gasteiger partial charge in [0, 0.05) is 37.4 Å². The molecule has 0 saturated carbocycles. The molecule has 1 aromatic carbocycles. The molecule has 6 nitrogen and oxygen atoms in total. The number of aromatic nitrogens is 3. The topological polar surface area (TPSA) is 85.0 Å². The van der Waals surface area contributed by atoms with Crippen molar-refractivity contribution in [2.45, 2.75) is 18.9 Å². The molecule has 8 heteroatoms. The van der Waals surface area contributed by atoms with Gasteiger partial charge < -0.3 is 10.6 Å². The summed E-state index contributed by atoms with van der Waals surface area (Å²) in [7, 11) is 0. The average Bonchev–Trinajstić information content (AvgIpc) is 3.26. The number of nitrogens with zero attached hydrogens (tertiary/aromatic N) is 4. The lowest BCUT2D eigenvalue weighted by Crippen LogP contribution is -2.32. The summed E-state index contributed by atoms with van der Waals surface area (Å²) in [4.78, 5) is 28.4. The Morgan fingerprint density at radius 3 is 2.56 bits per heavy atom.